The van der Waals surface area contributed by atoms with Crippen LogP contribution in [0.3, 0.4) is 0 Å². The lowest BCUT2D eigenvalue weighted by Crippen LogP contribution is -2.49. The SMILES string of the molecule is CCCCNC(=O)[C@H](CC)N(Cc1ccc(Cl)c(Cl)c1)C(=O)CCCN(c1ccc(C)cc1)S(C)(=O)=O. The summed E-state index contributed by atoms with van der Waals surface area (Å²) in [7, 11) is -3.54. The van der Waals surface area contributed by atoms with Crippen molar-refractivity contribution in [3.63, 3.8) is 0 Å². The highest BCUT2D eigenvalue weighted by Gasteiger charge is 2.29. The lowest BCUT2D eigenvalue weighted by molar-refractivity contribution is -0.141. The molecule has 0 spiro atoms. The van der Waals surface area contributed by atoms with Crippen molar-refractivity contribution in [1.82, 2.24) is 10.2 Å². The normalized spacial score (nSPS) is 12.2. The fourth-order valence-electron chi connectivity index (χ4n) is 3.98. The second kappa shape index (κ2) is 14.6. The summed E-state index contributed by atoms with van der Waals surface area (Å²) in [5.41, 5.74) is 2.32. The first kappa shape index (κ1) is 30.9. The molecule has 0 aliphatic carbocycles. The lowest BCUT2D eigenvalue weighted by atomic mass is 10.1. The quantitative estimate of drug-likeness (QED) is 0.301. The topological polar surface area (TPSA) is 86.8 Å². The highest BCUT2D eigenvalue weighted by molar-refractivity contribution is 7.92. The maximum Gasteiger partial charge on any atom is 0.242 e. The minimum atomic E-state index is -3.54. The Morgan fingerprint density at radius 1 is 1.00 bits per heavy atom. The van der Waals surface area contributed by atoms with E-state index in [0.717, 1.165) is 30.2 Å². The van der Waals surface area contributed by atoms with Gasteiger partial charge in [0.05, 0.1) is 22.0 Å². The zero-order valence-corrected chi connectivity index (χ0v) is 24.3. The summed E-state index contributed by atoms with van der Waals surface area (Å²) in [6.45, 7) is 6.71. The summed E-state index contributed by atoms with van der Waals surface area (Å²) in [4.78, 5) is 28.0. The number of anilines is 1. The third-order valence-corrected chi connectivity index (χ3v) is 7.96. The molecule has 0 aromatic heterocycles. The molecule has 204 valence electrons. The van der Waals surface area contributed by atoms with E-state index in [1.807, 2.05) is 32.9 Å². The molecule has 0 aliphatic rings. The Kier molecular flexibility index (Phi) is 12.2. The smallest absolute Gasteiger partial charge is 0.242 e. The molecule has 0 fully saturated rings. The van der Waals surface area contributed by atoms with Crippen molar-refractivity contribution in [3.05, 3.63) is 63.6 Å². The Labute approximate surface area is 231 Å². The highest BCUT2D eigenvalue weighted by atomic mass is 35.5. The molecule has 2 aromatic carbocycles. The van der Waals surface area contributed by atoms with Gasteiger partial charge in [-0.3, -0.25) is 13.9 Å². The van der Waals surface area contributed by atoms with Crippen LogP contribution in [0.1, 0.15) is 57.1 Å². The van der Waals surface area contributed by atoms with E-state index < -0.39 is 16.1 Å². The van der Waals surface area contributed by atoms with Crippen molar-refractivity contribution in [2.24, 2.45) is 0 Å². The summed E-state index contributed by atoms with van der Waals surface area (Å²) in [6, 6.07) is 11.7. The van der Waals surface area contributed by atoms with Crippen molar-refractivity contribution in [3.8, 4) is 0 Å². The van der Waals surface area contributed by atoms with Crippen LogP contribution in [0, 0.1) is 6.92 Å². The minimum absolute atomic E-state index is 0.0813. The Hall–Kier alpha value is -2.29. The zero-order chi connectivity index (χ0) is 27.6. The van der Waals surface area contributed by atoms with Gasteiger partial charge in [0.1, 0.15) is 6.04 Å². The van der Waals surface area contributed by atoms with Crippen LogP contribution in [0.5, 0.6) is 0 Å². The Morgan fingerprint density at radius 2 is 1.68 bits per heavy atom. The Balaban J connectivity index is 2.21. The maximum atomic E-state index is 13.5. The molecule has 0 heterocycles. The van der Waals surface area contributed by atoms with Crippen molar-refractivity contribution in [1.29, 1.82) is 0 Å². The van der Waals surface area contributed by atoms with Gasteiger partial charge in [-0.05, 0) is 56.0 Å². The molecule has 0 radical (unpaired) electrons. The number of rotatable bonds is 14. The van der Waals surface area contributed by atoms with Gasteiger partial charge in [-0.25, -0.2) is 8.42 Å². The number of hydrogen-bond acceptors (Lipinski definition) is 4. The second-order valence-electron chi connectivity index (χ2n) is 9.11. The largest absolute Gasteiger partial charge is 0.354 e. The predicted molar refractivity (Wildman–Crippen MR) is 152 cm³/mol. The number of carbonyl (C=O) groups excluding carboxylic acids is 2. The third-order valence-electron chi connectivity index (χ3n) is 6.03. The molecule has 1 atom stereocenters. The number of carbonyl (C=O) groups is 2. The molecular weight excluding hydrogens is 533 g/mol. The van der Waals surface area contributed by atoms with Gasteiger partial charge in [0.25, 0.3) is 0 Å². The van der Waals surface area contributed by atoms with Gasteiger partial charge in [0, 0.05) is 26.1 Å². The molecule has 0 aliphatic heterocycles. The maximum absolute atomic E-state index is 13.5. The van der Waals surface area contributed by atoms with Crippen LogP contribution in [0.15, 0.2) is 42.5 Å². The number of halogens is 2. The van der Waals surface area contributed by atoms with E-state index in [1.165, 1.54) is 4.31 Å². The summed E-state index contributed by atoms with van der Waals surface area (Å²) in [5.74, 6) is -0.442. The summed E-state index contributed by atoms with van der Waals surface area (Å²) in [6.07, 6.45) is 3.76. The van der Waals surface area contributed by atoms with Crippen LogP contribution in [-0.2, 0) is 26.2 Å². The van der Waals surface area contributed by atoms with Crippen LogP contribution in [0.4, 0.5) is 5.69 Å². The predicted octanol–water partition coefficient (Wildman–Crippen LogP) is 5.57. The van der Waals surface area contributed by atoms with E-state index in [1.54, 1.807) is 35.2 Å². The van der Waals surface area contributed by atoms with Crippen LogP contribution >= 0.6 is 23.2 Å². The Morgan fingerprint density at radius 3 is 2.24 bits per heavy atom. The van der Waals surface area contributed by atoms with Crippen molar-refractivity contribution in [2.75, 3.05) is 23.7 Å². The first-order valence-electron chi connectivity index (χ1n) is 12.5. The number of hydrogen-bond donors (Lipinski definition) is 1. The summed E-state index contributed by atoms with van der Waals surface area (Å²) < 4.78 is 26.2. The fraction of sp³-hybridized carbons (Fsp3) is 0.481. The van der Waals surface area contributed by atoms with E-state index in [9.17, 15) is 18.0 Å². The molecule has 1 N–H and O–H groups in total. The number of nitrogens with one attached hydrogen (secondary N) is 1. The van der Waals surface area contributed by atoms with Gasteiger partial charge in [-0.1, -0.05) is 67.2 Å². The van der Waals surface area contributed by atoms with E-state index in [4.69, 9.17) is 23.2 Å². The van der Waals surface area contributed by atoms with Gasteiger partial charge in [0.15, 0.2) is 0 Å². The number of nitrogens with zero attached hydrogens (tertiary/aromatic N) is 2. The molecule has 2 rings (SSSR count). The second-order valence-corrected chi connectivity index (χ2v) is 11.8. The number of benzene rings is 2. The van der Waals surface area contributed by atoms with Crippen LogP contribution in [0.2, 0.25) is 10.0 Å². The molecule has 2 aromatic rings. The van der Waals surface area contributed by atoms with E-state index in [-0.39, 0.29) is 31.3 Å². The monoisotopic (exact) mass is 569 g/mol. The lowest BCUT2D eigenvalue weighted by Gasteiger charge is -2.31. The van der Waals surface area contributed by atoms with E-state index in [0.29, 0.717) is 35.1 Å². The fourth-order valence-corrected chi connectivity index (χ4v) is 5.26. The van der Waals surface area contributed by atoms with E-state index >= 15 is 0 Å². The number of sulfonamides is 1. The molecule has 37 heavy (non-hydrogen) atoms. The molecule has 0 saturated heterocycles. The molecular formula is C27H37Cl2N3O4S. The minimum Gasteiger partial charge on any atom is -0.354 e. The van der Waals surface area contributed by atoms with Gasteiger partial charge >= 0.3 is 0 Å². The van der Waals surface area contributed by atoms with Crippen molar-refractivity contribution >= 4 is 50.7 Å². The highest BCUT2D eigenvalue weighted by Crippen LogP contribution is 2.25. The average Bonchev–Trinajstić information content (AvgIpc) is 2.84. The number of unbranched alkanes of at least 4 members (excludes halogenated alkanes) is 1. The number of amides is 2. The molecule has 0 saturated carbocycles. The van der Waals surface area contributed by atoms with Crippen LogP contribution < -0.4 is 9.62 Å². The standard InChI is InChI=1S/C27H37Cl2N3O4S/c1-5-7-16-30-27(34)25(6-2)31(19-21-12-15-23(28)24(29)18-21)26(33)9-8-17-32(37(4,35)36)22-13-10-20(3)11-14-22/h10-15,18,25H,5-9,16-17,19H2,1-4H3,(H,30,34)/t25-/m0/s1. The van der Waals surface area contributed by atoms with Gasteiger partial charge < -0.3 is 10.2 Å². The first-order chi connectivity index (χ1) is 17.5. The molecule has 7 nitrogen and oxygen atoms in total. The van der Waals surface area contributed by atoms with Gasteiger partial charge in [0.2, 0.25) is 21.8 Å². The zero-order valence-electron chi connectivity index (χ0n) is 22.0. The third kappa shape index (κ3) is 9.51. The first-order valence-corrected chi connectivity index (χ1v) is 15.1. The molecule has 10 heteroatoms. The van der Waals surface area contributed by atoms with Crippen LogP contribution in [-0.4, -0.2) is 50.5 Å². The summed E-state index contributed by atoms with van der Waals surface area (Å²) in [5, 5.41) is 3.71. The molecule has 0 bridgehead atoms. The Bertz CT molecular complexity index is 1160. The molecule has 0 unspecified atom stereocenters. The summed E-state index contributed by atoms with van der Waals surface area (Å²) >= 11 is 12.2. The van der Waals surface area contributed by atoms with Crippen LogP contribution in [0.25, 0.3) is 0 Å². The molecule has 2 amide bonds. The average molecular weight is 571 g/mol. The van der Waals surface area contributed by atoms with Gasteiger partial charge in [-0.2, -0.15) is 0 Å². The van der Waals surface area contributed by atoms with Gasteiger partial charge in [-0.15, -0.1) is 0 Å². The van der Waals surface area contributed by atoms with E-state index in [2.05, 4.69) is 5.32 Å². The van der Waals surface area contributed by atoms with Crippen molar-refractivity contribution in [2.45, 2.75) is 65.5 Å². The van der Waals surface area contributed by atoms with Crippen molar-refractivity contribution < 1.29 is 18.0 Å². The number of aryl methyl sites for hydroxylation is 1.